The van der Waals surface area contributed by atoms with E-state index in [0.717, 1.165) is 16.7 Å². The SMILES string of the molecule is COc1cccc(C(=O)NCc2nnc(SCCOc3ccccc3)n2C)c1. The molecule has 0 spiro atoms. The molecule has 2 aromatic carbocycles. The zero-order chi connectivity index (χ0) is 19.8. The Morgan fingerprint density at radius 3 is 2.68 bits per heavy atom. The first-order chi connectivity index (χ1) is 13.7. The highest BCUT2D eigenvalue weighted by molar-refractivity contribution is 7.99. The molecule has 8 heteroatoms. The Bertz CT molecular complexity index is 915. The van der Waals surface area contributed by atoms with Gasteiger partial charge < -0.3 is 19.4 Å². The van der Waals surface area contributed by atoms with E-state index in [9.17, 15) is 4.79 Å². The van der Waals surface area contributed by atoms with Gasteiger partial charge in [0.25, 0.3) is 5.91 Å². The van der Waals surface area contributed by atoms with Crippen molar-refractivity contribution in [3.05, 3.63) is 66.0 Å². The lowest BCUT2D eigenvalue weighted by molar-refractivity contribution is 0.0949. The predicted octanol–water partition coefficient (Wildman–Crippen LogP) is 2.92. The molecule has 146 valence electrons. The predicted molar refractivity (Wildman–Crippen MR) is 108 cm³/mol. The van der Waals surface area contributed by atoms with E-state index in [4.69, 9.17) is 9.47 Å². The Balaban J connectivity index is 1.48. The van der Waals surface area contributed by atoms with E-state index >= 15 is 0 Å². The van der Waals surface area contributed by atoms with Crippen LogP contribution in [0.2, 0.25) is 0 Å². The number of hydrogen-bond acceptors (Lipinski definition) is 6. The maximum absolute atomic E-state index is 12.3. The molecule has 0 radical (unpaired) electrons. The normalized spacial score (nSPS) is 10.5. The monoisotopic (exact) mass is 398 g/mol. The Morgan fingerprint density at radius 2 is 1.89 bits per heavy atom. The standard InChI is InChI=1S/C20H22N4O3S/c1-24-18(14-21-19(25)15-7-6-10-17(13-15)26-2)22-23-20(24)28-12-11-27-16-8-4-3-5-9-16/h3-10,13H,11-12,14H2,1-2H3,(H,21,25). The summed E-state index contributed by atoms with van der Waals surface area (Å²) < 4.78 is 12.7. The number of nitrogens with zero attached hydrogens (tertiary/aromatic N) is 3. The van der Waals surface area contributed by atoms with Crippen LogP contribution in [0.1, 0.15) is 16.2 Å². The zero-order valence-corrected chi connectivity index (χ0v) is 16.6. The molecule has 1 heterocycles. The van der Waals surface area contributed by atoms with Crippen LogP contribution in [0.15, 0.2) is 59.8 Å². The lowest BCUT2D eigenvalue weighted by Gasteiger charge is -2.07. The molecule has 1 aromatic heterocycles. The van der Waals surface area contributed by atoms with Gasteiger partial charge in [-0.05, 0) is 30.3 Å². The van der Waals surface area contributed by atoms with Crippen LogP contribution in [0.4, 0.5) is 0 Å². The topological polar surface area (TPSA) is 78.3 Å². The number of benzene rings is 2. The summed E-state index contributed by atoms with van der Waals surface area (Å²) in [5.41, 5.74) is 0.536. The van der Waals surface area contributed by atoms with E-state index in [1.807, 2.05) is 41.9 Å². The highest BCUT2D eigenvalue weighted by Crippen LogP contribution is 2.17. The number of hydrogen-bond donors (Lipinski definition) is 1. The third-order valence-corrected chi connectivity index (χ3v) is 4.97. The summed E-state index contributed by atoms with van der Waals surface area (Å²) in [6, 6.07) is 16.7. The van der Waals surface area contributed by atoms with E-state index < -0.39 is 0 Å². The van der Waals surface area contributed by atoms with Gasteiger partial charge in [-0.15, -0.1) is 10.2 Å². The third-order valence-electron chi connectivity index (χ3n) is 3.99. The van der Waals surface area contributed by atoms with E-state index in [1.54, 1.807) is 43.1 Å². The van der Waals surface area contributed by atoms with Gasteiger partial charge in [0.05, 0.1) is 20.3 Å². The van der Waals surface area contributed by atoms with Gasteiger partial charge >= 0.3 is 0 Å². The zero-order valence-electron chi connectivity index (χ0n) is 15.8. The molecule has 0 aliphatic rings. The number of carbonyl (C=O) groups is 1. The summed E-state index contributed by atoms with van der Waals surface area (Å²) >= 11 is 1.56. The maximum atomic E-state index is 12.3. The third kappa shape index (κ3) is 5.26. The Hall–Kier alpha value is -3.00. The average molecular weight is 398 g/mol. The average Bonchev–Trinajstić information content (AvgIpc) is 3.09. The number of rotatable bonds is 9. The molecule has 1 amide bonds. The lowest BCUT2D eigenvalue weighted by atomic mass is 10.2. The van der Waals surface area contributed by atoms with Crippen molar-refractivity contribution in [3.63, 3.8) is 0 Å². The Labute approximate surface area is 168 Å². The first-order valence-corrected chi connectivity index (χ1v) is 9.77. The quantitative estimate of drug-likeness (QED) is 0.441. The summed E-state index contributed by atoms with van der Waals surface area (Å²) in [6.07, 6.45) is 0. The molecule has 3 rings (SSSR count). The van der Waals surface area contributed by atoms with Crippen LogP contribution in [0.3, 0.4) is 0 Å². The summed E-state index contributed by atoms with van der Waals surface area (Å²) in [6.45, 7) is 0.865. The Kier molecular flexibility index (Phi) is 6.91. The first kappa shape index (κ1) is 19.8. The van der Waals surface area contributed by atoms with E-state index in [2.05, 4.69) is 15.5 Å². The van der Waals surface area contributed by atoms with Crippen LogP contribution < -0.4 is 14.8 Å². The number of ether oxygens (including phenoxy) is 2. The van der Waals surface area contributed by atoms with Crippen LogP contribution in [0.5, 0.6) is 11.5 Å². The van der Waals surface area contributed by atoms with Gasteiger partial charge in [0.2, 0.25) is 0 Å². The van der Waals surface area contributed by atoms with Gasteiger partial charge in [-0.25, -0.2) is 0 Å². The molecule has 0 bridgehead atoms. The van der Waals surface area contributed by atoms with Crippen LogP contribution in [0.25, 0.3) is 0 Å². The van der Waals surface area contributed by atoms with Gasteiger partial charge in [0.1, 0.15) is 11.5 Å². The van der Waals surface area contributed by atoms with Gasteiger partial charge in [-0.2, -0.15) is 0 Å². The van der Waals surface area contributed by atoms with Gasteiger partial charge in [0.15, 0.2) is 11.0 Å². The minimum atomic E-state index is -0.188. The van der Waals surface area contributed by atoms with Crippen molar-refractivity contribution in [1.82, 2.24) is 20.1 Å². The fourth-order valence-corrected chi connectivity index (χ4v) is 3.21. The summed E-state index contributed by atoms with van der Waals surface area (Å²) in [4.78, 5) is 12.3. The molecule has 0 aliphatic carbocycles. The number of aromatic nitrogens is 3. The highest BCUT2D eigenvalue weighted by atomic mass is 32.2. The highest BCUT2D eigenvalue weighted by Gasteiger charge is 2.12. The van der Waals surface area contributed by atoms with Crippen LogP contribution in [0, 0.1) is 0 Å². The molecule has 7 nitrogen and oxygen atoms in total. The second kappa shape index (κ2) is 9.80. The molecule has 0 saturated heterocycles. The molecule has 0 unspecified atom stereocenters. The number of para-hydroxylation sites is 1. The molecule has 3 aromatic rings. The van der Waals surface area contributed by atoms with Crippen molar-refractivity contribution in [1.29, 1.82) is 0 Å². The molecule has 0 aliphatic heterocycles. The number of amides is 1. The minimum absolute atomic E-state index is 0.188. The van der Waals surface area contributed by atoms with Crippen molar-refractivity contribution in [3.8, 4) is 11.5 Å². The molecule has 0 atom stereocenters. The summed E-state index contributed by atoms with van der Waals surface area (Å²) in [5.74, 6) is 2.73. The van der Waals surface area contributed by atoms with Crippen LogP contribution in [-0.2, 0) is 13.6 Å². The number of thioether (sulfide) groups is 1. The maximum Gasteiger partial charge on any atom is 0.251 e. The number of nitrogens with one attached hydrogen (secondary N) is 1. The van der Waals surface area contributed by atoms with Crippen molar-refractivity contribution in [2.75, 3.05) is 19.5 Å². The largest absolute Gasteiger partial charge is 0.497 e. The number of methoxy groups -OCH3 is 1. The van der Waals surface area contributed by atoms with Crippen molar-refractivity contribution < 1.29 is 14.3 Å². The Morgan fingerprint density at radius 1 is 1.11 bits per heavy atom. The van der Waals surface area contributed by atoms with E-state index in [0.29, 0.717) is 30.3 Å². The minimum Gasteiger partial charge on any atom is -0.497 e. The van der Waals surface area contributed by atoms with Crippen molar-refractivity contribution >= 4 is 17.7 Å². The second-order valence-corrected chi connectivity index (χ2v) is 6.94. The van der Waals surface area contributed by atoms with Gasteiger partial charge in [-0.3, -0.25) is 4.79 Å². The molecule has 1 N–H and O–H groups in total. The summed E-state index contributed by atoms with van der Waals surface area (Å²) in [5, 5.41) is 12.0. The molecular formula is C20H22N4O3S. The van der Waals surface area contributed by atoms with E-state index in [1.165, 1.54) is 0 Å². The van der Waals surface area contributed by atoms with Crippen molar-refractivity contribution in [2.45, 2.75) is 11.7 Å². The fraction of sp³-hybridized carbons (Fsp3) is 0.250. The summed E-state index contributed by atoms with van der Waals surface area (Å²) in [7, 11) is 3.45. The second-order valence-electron chi connectivity index (χ2n) is 5.88. The van der Waals surface area contributed by atoms with E-state index in [-0.39, 0.29) is 5.91 Å². The fourth-order valence-electron chi connectivity index (χ4n) is 2.46. The molecule has 0 fully saturated rings. The van der Waals surface area contributed by atoms with Gasteiger partial charge in [-0.1, -0.05) is 36.0 Å². The molecular weight excluding hydrogens is 376 g/mol. The molecule has 28 heavy (non-hydrogen) atoms. The smallest absolute Gasteiger partial charge is 0.251 e. The first-order valence-electron chi connectivity index (χ1n) is 8.78. The number of carbonyl (C=O) groups excluding carboxylic acids is 1. The van der Waals surface area contributed by atoms with Crippen LogP contribution in [-0.4, -0.2) is 40.1 Å². The lowest BCUT2D eigenvalue weighted by Crippen LogP contribution is -2.24. The van der Waals surface area contributed by atoms with Gasteiger partial charge in [0, 0.05) is 18.4 Å². The molecule has 0 saturated carbocycles. The van der Waals surface area contributed by atoms with Crippen LogP contribution >= 0.6 is 11.8 Å². The van der Waals surface area contributed by atoms with Crippen molar-refractivity contribution in [2.24, 2.45) is 7.05 Å².